The Kier molecular flexibility index (Phi) is 8.87. The van der Waals surface area contributed by atoms with Crippen molar-refractivity contribution in [3.05, 3.63) is 124 Å². The molecule has 5 nitrogen and oxygen atoms in total. The average Bonchev–Trinajstić information content (AvgIpc) is 2.92. The highest BCUT2D eigenvalue weighted by atomic mass is 79.9. The first kappa shape index (κ1) is 28.1. The highest BCUT2D eigenvalue weighted by Crippen LogP contribution is 2.28. The van der Waals surface area contributed by atoms with Crippen molar-refractivity contribution in [2.75, 3.05) is 0 Å². The zero-order valence-electron chi connectivity index (χ0n) is 22.3. The van der Waals surface area contributed by atoms with E-state index in [1.54, 1.807) is 12.1 Å². The third kappa shape index (κ3) is 7.58. The Labute approximate surface area is 238 Å². The van der Waals surface area contributed by atoms with Gasteiger partial charge in [0.25, 0.3) is 5.91 Å². The van der Waals surface area contributed by atoms with Gasteiger partial charge in [-0.15, -0.1) is 0 Å². The standard InChI is InChI=1S/C33H32BrNO4/c1-33(2,3)26-15-9-22(10-16-26)21-39-30-18-17-27(34)19-28(30)32(38)35-29(20-31(36)37)25-13-11-24(12-14-25)23-7-5-4-6-8-23/h4-19,29H,20-21H2,1-3H3,(H,35,38)(H,36,37). The van der Waals surface area contributed by atoms with Crippen LogP contribution in [-0.4, -0.2) is 17.0 Å². The zero-order valence-corrected chi connectivity index (χ0v) is 23.9. The van der Waals surface area contributed by atoms with Crippen molar-refractivity contribution in [3.8, 4) is 16.9 Å². The number of carboxylic acids is 1. The van der Waals surface area contributed by atoms with Gasteiger partial charge in [0.15, 0.2) is 0 Å². The van der Waals surface area contributed by atoms with Gasteiger partial charge in [0.2, 0.25) is 0 Å². The van der Waals surface area contributed by atoms with Gasteiger partial charge in [-0.2, -0.15) is 0 Å². The largest absolute Gasteiger partial charge is 0.488 e. The molecule has 4 aromatic rings. The van der Waals surface area contributed by atoms with Crippen LogP contribution in [0.15, 0.2) is 102 Å². The minimum absolute atomic E-state index is 0.0602. The molecular formula is C33H32BrNO4. The number of amides is 1. The fourth-order valence-electron chi connectivity index (χ4n) is 4.27. The summed E-state index contributed by atoms with van der Waals surface area (Å²) in [6, 6.07) is 30.3. The molecule has 0 aliphatic carbocycles. The van der Waals surface area contributed by atoms with E-state index in [4.69, 9.17) is 4.74 Å². The lowest BCUT2D eigenvalue weighted by Crippen LogP contribution is -2.30. The molecule has 0 aliphatic rings. The Bertz CT molecular complexity index is 1430. The van der Waals surface area contributed by atoms with Crippen LogP contribution in [0.2, 0.25) is 0 Å². The lowest BCUT2D eigenvalue weighted by Gasteiger charge is -2.20. The molecule has 39 heavy (non-hydrogen) atoms. The van der Waals surface area contributed by atoms with Crippen LogP contribution < -0.4 is 10.1 Å². The van der Waals surface area contributed by atoms with Crippen LogP contribution in [0.5, 0.6) is 5.75 Å². The molecule has 0 bridgehead atoms. The van der Waals surface area contributed by atoms with Gasteiger partial charge in [-0.3, -0.25) is 9.59 Å². The van der Waals surface area contributed by atoms with E-state index in [1.807, 2.05) is 72.8 Å². The molecule has 6 heteroatoms. The number of ether oxygens (including phenoxy) is 1. The van der Waals surface area contributed by atoms with Gasteiger partial charge in [0.05, 0.1) is 18.0 Å². The van der Waals surface area contributed by atoms with Crippen molar-refractivity contribution in [2.24, 2.45) is 0 Å². The normalized spacial score (nSPS) is 12.0. The first-order valence-electron chi connectivity index (χ1n) is 12.8. The van der Waals surface area contributed by atoms with Gasteiger partial charge in [-0.1, -0.05) is 116 Å². The average molecular weight is 587 g/mol. The van der Waals surface area contributed by atoms with Gasteiger partial charge in [0.1, 0.15) is 12.4 Å². The predicted molar refractivity (Wildman–Crippen MR) is 158 cm³/mol. The number of nitrogens with one attached hydrogen (secondary N) is 1. The van der Waals surface area contributed by atoms with Crippen molar-refractivity contribution in [1.82, 2.24) is 5.32 Å². The number of aliphatic carboxylic acids is 1. The molecule has 0 spiro atoms. The lowest BCUT2D eigenvalue weighted by atomic mass is 9.87. The first-order valence-corrected chi connectivity index (χ1v) is 13.6. The maximum absolute atomic E-state index is 13.4. The van der Waals surface area contributed by atoms with Crippen molar-refractivity contribution in [1.29, 1.82) is 0 Å². The van der Waals surface area contributed by atoms with E-state index >= 15 is 0 Å². The van der Waals surface area contributed by atoms with Crippen molar-refractivity contribution in [3.63, 3.8) is 0 Å². The molecule has 0 heterocycles. The zero-order chi connectivity index (χ0) is 28.0. The second-order valence-corrected chi connectivity index (χ2v) is 11.4. The van der Waals surface area contributed by atoms with Crippen LogP contribution in [-0.2, 0) is 16.8 Å². The summed E-state index contributed by atoms with van der Waals surface area (Å²) >= 11 is 3.44. The number of rotatable bonds is 9. The maximum Gasteiger partial charge on any atom is 0.305 e. The Hall–Kier alpha value is -3.90. The van der Waals surface area contributed by atoms with Crippen LogP contribution >= 0.6 is 15.9 Å². The number of halogens is 1. The Morgan fingerprint density at radius 3 is 2.13 bits per heavy atom. The minimum atomic E-state index is -1.00. The molecule has 0 radical (unpaired) electrons. The molecule has 4 aromatic carbocycles. The van der Waals surface area contributed by atoms with Crippen LogP contribution in [0.4, 0.5) is 0 Å². The summed E-state index contributed by atoms with van der Waals surface area (Å²) in [7, 11) is 0. The molecule has 0 saturated heterocycles. The summed E-state index contributed by atoms with van der Waals surface area (Å²) in [6.45, 7) is 6.80. The number of carboxylic acid groups (broad SMARTS) is 1. The fourth-order valence-corrected chi connectivity index (χ4v) is 4.63. The SMILES string of the molecule is CC(C)(C)c1ccc(COc2ccc(Br)cc2C(=O)NC(CC(=O)O)c2ccc(-c3ccccc3)cc2)cc1. The van der Waals surface area contributed by atoms with E-state index < -0.39 is 17.9 Å². The van der Waals surface area contributed by atoms with Crippen LogP contribution in [0.3, 0.4) is 0 Å². The van der Waals surface area contributed by atoms with E-state index in [1.165, 1.54) is 5.56 Å². The van der Waals surface area contributed by atoms with E-state index in [0.717, 1.165) is 21.2 Å². The van der Waals surface area contributed by atoms with Crippen LogP contribution in [0, 0.1) is 0 Å². The molecule has 4 rings (SSSR count). The number of carbonyl (C=O) groups is 2. The summed E-state index contributed by atoms with van der Waals surface area (Å²) in [5.41, 5.74) is 5.39. The fraction of sp³-hybridized carbons (Fsp3) is 0.212. The topological polar surface area (TPSA) is 75.6 Å². The summed E-state index contributed by atoms with van der Waals surface area (Å²) in [5, 5.41) is 12.5. The second kappa shape index (κ2) is 12.3. The molecule has 1 unspecified atom stereocenters. The summed E-state index contributed by atoms with van der Waals surface area (Å²) in [5.74, 6) is -0.992. The minimum Gasteiger partial charge on any atom is -0.488 e. The Balaban J connectivity index is 1.52. The van der Waals surface area contributed by atoms with Crippen molar-refractivity contribution >= 4 is 27.8 Å². The van der Waals surface area contributed by atoms with E-state index in [-0.39, 0.29) is 11.8 Å². The number of hydrogen-bond acceptors (Lipinski definition) is 3. The molecule has 1 amide bonds. The van der Waals surface area contributed by atoms with Crippen LogP contribution in [0.1, 0.15) is 60.3 Å². The molecule has 200 valence electrons. The van der Waals surface area contributed by atoms with Crippen LogP contribution in [0.25, 0.3) is 11.1 Å². The summed E-state index contributed by atoms with van der Waals surface area (Å²) < 4.78 is 6.78. The van der Waals surface area contributed by atoms with Gasteiger partial charge < -0.3 is 15.2 Å². The van der Waals surface area contributed by atoms with Gasteiger partial charge in [0, 0.05) is 4.47 Å². The van der Waals surface area contributed by atoms with Gasteiger partial charge in [-0.25, -0.2) is 0 Å². The molecule has 0 saturated carbocycles. The Morgan fingerprint density at radius 1 is 0.872 bits per heavy atom. The van der Waals surface area contributed by atoms with Gasteiger partial charge >= 0.3 is 5.97 Å². The highest BCUT2D eigenvalue weighted by molar-refractivity contribution is 9.10. The molecule has 0 fully saturated rings. The predicted octanol–water partition coefficient (Wildman–Crippen LogP) is 7.94. The smallest absolute Gasteiger partial charge is 0.305 e. The van der Waals surface area contributed by atoms with Crippen molar-refractivity contribution in [2.45, 2.75) is 45.3 Å². The maximum atomic E-state index is 13.4. The third-order valence-corrected chi connectivity index (χ3v) is 7.00. The Morgan fingerprint density at radius 2 is 1.51 bits per heavy atom. The van der Waals surface area contributed by atoms with Crippen molar-refractivity contribution < 1.29 is 19.4 Å². The molecular weight excluding hydrogens is 554 g/mol. The highest BCUT2D eigenvalue weighted by Gasteiger charge is 2.22. The molecule has 0 aliphatic heterocycles. The molecule has 1 atom stereocenters. The molecule has 2 N–H and O–H groups in total. The van der Waals surface area contributed by atoms with E-state index in [0.29, 0.717) is 23.5 Å². The summed E-state index contributed by atoms with van der Waals surface area (Å²) in [4.78, 5) is 25.1. The second-order valence-electron chi connectivity index (χ2n) is 10.5. The number of hydrogen-bond donors (Lipinski definition) is 2. The third-order valence-electron chi connectivity index (χ3n) is 6.50. The molecule has 0 aromatic heterocycles. The summed E-state index contributed by atoms with van der Waals surface area (Å²) in [6.07, 6.45) is -0.249. The quantitative estimate of drug-likeness (QED) is 0.209. The lowest BCUT2D eigenvalue weighted by molar-refractivity contribution is -0.137. The van der Waals surface area contributed by atoms with E-state index in [9.17, 15) is 14.7 Å². The number of benzene rings is 4. The monoisotopic (exact) mass is 585 g/mol. The number of carbonyl (C=O) groups excluding carboxylic acids is 1. The first-order chi connectivity index (χ1) is 18.6. The van der Waals surface area contributed by atoms with E-state index in [2.05, 4.69) is 54.2 Å². The van der Waals surface area contributed by atoms with Gasteiger partial charge in [-0.05, 0) is 51.4 Å².